The first-order valence-corrected chi connectivity index (χ1v) is 30.3. The molecule has 0 aromatic heterocycles. The second-order valence-corrected chi connectivity index (χ2v) is 25.0. The zero-order valence-corrected chi connectivity index (χ0v) is 53.3. The topological polar surface area (TPSA) is 68.3 Å². The molecule has 3 saturated heterocycles. The van der Waals surface area contributed by atoms with Crippen LogP contribution in [0.1, 0.15) is 239 Å². The van der Waals surface area contributed by atoms with Crippen molar-refractivity contribution in [2.45, 2.75) is 183 Å². The molecule has 7 nitrogen and oxygen atoms in total. The molecule has 0 bridgehead atoms. The number of nitrogens with zero attached hydrogens (tertiary/aromatic N) is 4. The van der Waals surface area contributed by atoms with E-state index in [9.17, 15) is 10.2 Å². The van der Waals surface area contributed by atoms with Crippen LogP contribution >= 0.6 is 0 Å². The van der Waals surface area contributed by atoms with Crippen molar-refractivity contribution < 1.29 is 52.7 Å². The molecule has 422 valence electrons. The van der Waals surface area contributed by atoms with Gasteiger partial charge >= 0.3 is 51.7 Å². The predicted octanol–water partition coefficient (Wildman–Crippen LogP) is 10.1. The number of benzene rings is 6. The third kappa shape index (κ3) is 15.5. The molecule has 3 fully saturated rings. The predicted molar refractivity (Wildman–Crippen MR) is 338 cm³/mol. The molecule has 81 heavy (non-hydrogen) atoms. The van der Waals surface area contributed by atoms with Crippen LogP contribution < -0.4 is 67.2 Å². The van der Waals surface area contributed by atoms with Gasteiger partial charge in [0.2, 0.25) is 0 Å². The van der Waals surface area contributed by atoms with E-state index in [1.807, 2.05) is 60.7 Å². The normalized spacial score (nSPS) is 15.3. The van der Waals surface area contributed by atoms with E-state index in [4.69, 9.17) is 4.74 Å². The van der Waals surface area contributed by atoms with Crippen molar-refractivity contribution in [3.63, 3.8) is 0 Å². The van der Waals surface area contributed by atoms with E-state index in [1.165, 1.54) is 80.1 Å². The number of hydrogen-bond donors (Lipinski definition) is 0. The first kappa shape index (κ1) is 67.5. The maximum absolute atomic E-state index is 14.5. The van der Waals surface area contributed by atoms with Crippen LogP contribution in [0.4, 0.5) is 22.7 Å². The second-order valence-electron chi connectivity index (χ2n) is 25.0. The molecule has 3 aliphatic rings. The quantitative estimate of drug-likeness (QED) is 0.0895. The van der Waals surface area contributed by atoms with Crippen molar-refractivity contribution in [2.75, 3.05) is 58.6 Å². The van der Waals surface area contributed by atoms with Crippen molar-refractivity contribution in [3.05, 3.63) is 189 Å². The SMILES string of the molecule is C1CCOC1.CC(C)c1cccc(C(C)C)c1N1CCN(c2c(C(C)C)cccc2C(C)C)B1[C@H]([O-])c1ccccc1.CC(C)c1cccc(C(C)C)c1N1CCN(c2c(C(C)C)cccc2C(C)C)B1[C@H]([O-])c1ccccc1.[Li+].[Li+]. The van der Waals surface area contributed by atoms with Gasteiger partial charge in [-0.1, -0.05) is 267 Å². The second kappa shape index (κ2) is 31.0. The molecule has 11 heteroatoms. The molecule has 2 atom stereocenters. The molecule has 9 rings (SSSR count). The Morgan fingerprint density at radius 2 is 0.506 bits per heavy atom. The van der Waals surface area contributed by atoms with Gasteiger partial charge in [0.1, 0.15) is 0 Å². The smallest absolute Gasteiger partial charge is 0.852 e. The maximum atomic E-state index is 14.5. The summed E-state index contributed by atoms with van der Waals surface area (Å²) in [5.41, 5.74) is 17.4. The van der Waals surface area contributed by atoms with Crippen LogP contribution in [-0.2, 0) is 4.74 Å². The Hall–Kier alpha value is -4.28. The van der Waals surface area contributed by atoms with Crippen molar-refractivity contribution in [1.82, 2.24) is 0 Å². The standard InChI is InChI=1S/2C33H44BN2O.C4H8O.2Li/c2*1-22(2)27-16-12-17-28(23(3)4)31(27)35-20-21-36(34(35)33(37)26-14-10-9-11-15-26)32-29(24(5)6)18-13-19-30(32)25(7)8;1-2-4-5-3-1;;/h2*9-19,22-25,33H,20-21H2,1-8H3;1-4H2;;/q2*-1;;2*+1/t2*33-;;;/m11.../s1. The van der Waals surface area contributed by atoms with E-state index in [-0.39, 0.29) is 51.7 Å². The Balaban J connectivity index is 0.000000267. The van der Waals surface area contributed by atoms with Crippen LogP contribution in [-0.4, -0.2) is 53.4 Å². The Labute approximate surface area is 516 Å². The summed E-state index contributed by atoms with van der Waals surface area (Å²) in [7, 11) is 0. The van der Waals surface area contributed by atoms with Gasteiger partial charge in [-0.05, 0) is 105 Å². The van der Waals surface area contributed by atoms with Gasteiger partial charge in [-0.3, -0.25) is 0 Å². The molecule has 3 aliphatic heterocycles. The average Bonchev–Trinajstić information content (AvgIpc) is 4.26. The summed E-state index contributed by atoms with van der Waals surface area (Å²) in [5, 5.41) is 29.1. The minimum Gasteiger partial charge on any atom is -0.852 e. The molecule has 6 aromatic carbocycles. The third-order valence-corrected chi connectivity index (χ3v) is 16.6. The fraction of sp³-hybridized carbons (Fsp3) is 0.486. The zero-order valence-electron chi connectivity index (χ0n) is 53.3. The Morgan fingerprint density at radius 3 is 0.667 bits per heavy atom. The summed E-state index contributed by atoms with van der Waals surface area (Å²) >= 11 is 0. The van der Waals surface area contributed by atoms with Crippen molar-refractivity contribution >= 4 is 36.7 Å². The summed E-state index contributed by atoms with van der Waals surface area (Å²) in [6.45, 7) is 41.0. The number of anilines is 4. The molecule has 0 amide bonds. The molecule has 0 aliphatic carbocycles. The van der Waals surface area contributed by atoms with Crippen LogP contribution in [0.5, 0.6) is 0 Å². The Kier molecular flexibility index (Phi) is 25.9. The number of para-hydroxylation sites is 4. The number of rotatable bonds is 16. The van der Waals surface area contributed by atoms with Crippen LogP contribution in [0.3, 0.4) is 0 Å². The summed E-state index contributed by atoms with van der Waals surface area (Å²) in [6.07, 6.45) is 2.56. The summed E-state index contributed by atoms with van der Waals surface area (Å²) < 4.78 is 4.94. The molecular formula is C70H96B2Li2N4O3. The van der Waals surface area contributed by atoms with Gasteiger partial charge in [-0.25, -0.2) is 0 Å². The van der Waals surface area contributed by atoms with E-state index in [2.05, 4.69) is 203 Å². The van der Waals surface area contributed by atoms with Gasteiger partial charge in [0.25, 0.3) is 0 Å². The van der Waals surface area contributed by atoms with Crippen LogP contribution in [0.2, 0.25) is 0 Å². The van der Waals surface area contributed by atoms with Crippen LogP contribution in [0.25, 0.3) is 0 Å². The molecule has 0 N–H and O–H groups in total. The van der Waals surface area contributed by atoms with E-state index in [0.29, 0.717) is 47.3 Å². The fourth-order valence-electron chi connectivity index (χ4n) is 12.4. The molecular weight excluding hydrogens is 980 g/mol. The summed E-state index contributed by atoms with van der Waals surface area (Å²) in [4.78, 5) is 9.82. The van der Waals surface area contributed by atoms with Gasteiger partial charge in [-0.15, -0.1) is 0 Å². The average molecular weight is 1080 g/mol. The Morgan fingerprint density at radius 1 is 0.309 bits per heavy atom. The van der Waals surface area contributed by atoms with Crippen LogP contribution in [0.15, 0.2) is 133 Å². The van der Waals surface area contributed by atoms with Gasteiger partial charge in [0.05, 0.1) is 0 Å². The number of hydrogen-bond acceptors (Lipinski definition) is 7. The molecule has 0 saturated carbocycles. The first-order chi connectivity index (χ1) is 37.8. The number of ether oxygens (including phenoxy) is 1. The van der Waals surface area contributed by atoms with Crippen molar-refractivity contribution in [2.24, 2.45) is 0 Å². The summed E-state index contributed by atoms with van der Waals surface area (Å²) in [6, 6.07) is 45.0. The van der Waals surface area contributed by atoms with E-state index < -0.39 is 12.0 Å². The minimum atomic E-state index is -0.899. The van der Waals surface area contributed by atoms with Crippen molar-refractivity contribution in [3.8, 4) is 0 Å². The van der Waals surface area contributed by atoms with Gasteiger partial charge in [0, 0.05) is 62.1 Å². The van der Waals surface area contributed by atoms with Crippen molar-refractivity contribution in [1.29, 1.82) is 0 Å². The first-order valence-electron chi connectivity index (χ1n) is 30.3. The fourth-order valence-corrected chi connectivity index (χ4v) is 12.4. The van der Waals surface area contributed by atoms with E-state index >= 15 is 0 Å². The molecule has 6 aromatic rings. The zero-order chi connectivity index (χ0) is 57.2. The monoisotopic (exact) mass is 1080 g/mol. The molecule has 0 radical (unpaired) electrons. The minimum absolute atomic E-state index is 0. The van der Waals surface area contributed by atoms with Gasteiger partial charge in [0.15, 0.2) is 0 Å². The van der Waals surface area contributed by atoms with Gasteiger partial charge in [-0.2, -0.15) is 0 Å². The van der Waals surface area contributed by atoms with E-state index in [1.54, 1.807) is 0 Å². The third-order valence-electron chi connectivity index (χ3n) is 16.6. The van der Waals surface area contributed by atoms with Gasteiger partial charge < -0.3 is 34.2 Å². The largest absolute Gasteiger partial charge is 1.00 e. The Bertz CT molecular complexity index is 2410. The summed E-state index contributed by atoms with van der Waals surface area (Å²) in [5.74, 6) is 3.00. The molecule has 3 heterocycles. The molecule has 0 unspecified atom stereocenters. The van der Waals surface area contributed by atoms with Crippen LogP contribution in [0, 0.1) is 0 Å². The maximum Gasteiger partial charge on any atom is 1.00 e. The van der Waals surface area contributed by atoms with E-state index in [0.717, 1.165) is 50.5 Å². The molecule has 0 spiro atoms.